The Morgan fingerprint density at radius 1 is 1.29 bits per heavy atom. The van der Waals surface area contributed by atoms with Crippen molar-refractivity contribution in [3.05, 3.63) is 35.6 Å². The van der Waals surface area contributed by atoms with Gasteiger partial charge < -0.3 is 14.8 Å². The van der Waals surface area contributed by atoms with E-state index in [-0.39, 0.29) is 11.9 Å². The molecule has 0 amide bonds. The molecular formula is C17H26FNO2. The molecule has 0 aliphatic carbocycles. The second-order valence-corrected chi connectivity index (χ2v) is 5.96. The first-order valence-corrected chi connectivity index (χ1v) is 7.84. The first kappa shape index (κ1) is 16.4. The smallest absolute Gasteiger partial charge is 0.129 e. The van der Waals surface area contributed by atoms with Gasteiger partial charge in [0.2, 0.25) is 0 Å². The zero-order valence-corrected chi connectivity index (χ0v) is 13.0. The summed E-state index contributed by atoms with van der Waals surface area (Å²) in [6, 6.07) is 7.23. The third-order valence-electron chi connectivity index (χ3n) is 3.84. The Hall–Kier alpha value is -0.970. The molecule has 1 heterocycles. The molecule has 21 heavy (non-hydrogen) atoms. The molecule has 1 aromatic rings. The Morgan fingerprint density at radius 2 is 2.00 bits per heavy atom. The minimum atomic E-state index is -0.239. The molecule has 0 bridgehead atoms. The van der Waals surface area contributed by atoms with Crippen LogP contribution in [-0.2, 0) is 9.47 Å². The summed E-state index contributed by atoms with van der Waals surface area (Å²) in [7, 11) is 0. The molecule has 1 aliphatic heterocycles. The molecule has 0 spiro atoms. The van der Waals surface area contributed by atoms with E-state index in [9.17, 15) is 4.39 Å². The fourth-order valence-corrected chi connectivity index (χ4v) is 2.50. The summed E-state index contributed by atoms with van der Waals surface area (Å²) in [4.78, 5) is 0. The Labute approximate surface area is 126 Å². The average Bonchev–Trinajstić information content (AvgIpc) is 2.49. The number of benzene rings is 1. The third-order valence-corrected chi connectivity index (χ3v) is 3.84. The predicted molar refractivity (Wildman–Crippen MR) is 81.8 cm³/mol. The van der Waals surface area contributed by atoms with Crippen LogP contribution in [0.1, 0.15) is 38.4 Å². The monoisotopic (exact) mass is 295 g/mol. The van der Waals surface area contributed by atoms with E-state index in [4.69, 9.17) is 9.47 Å². The Kier molecular flexibility index (Phi) is 6.61. The van der Waals surface area contributed by atoms with Gasteiger partial charge in [-0.15, -0.1) is 0 Å². The SMILES string of the molecule is CC(C)NCC(OCC1CCOCC1)c1ccccc1F. The van der Waals surface area contributed by atoms with Gasteiger partial charge in [-0.2, -0.15) is 0 Å². The van der Waals surface area contributed by atoms with Crippen molar-refractivity contribution >= 4 is 0 Å². The van der Waals surface area contributed by atoms with Crippen LogP contribution >= 0.6 is 0 Å². The molecule has 3 nitrogen and oxygen atoms in total. The minimum Gasteiger partial charge on any atom is -0.381 e. The first-order chi connectivity index (χ1) is 10.2. The van der Waals surface area contributed by atoms with Crippen LogP contribution in [0, 0.1) is 11.7 Å². The van der Waals surface area contributed by atoms with Crippen molar-refractivity contribution in [2.24, 2.45) is 5.92 Å². The predicted octanol–water partition coefficient (Wildman–Crippen LogP) is 3.31. The molecule has 4 heteroatoms. The highest BCUT2D eigenvalue weighted by Gasteiger charge is 2.20. The molecule has 0 aromatic heterocycles. The first-order valence-electron chi connectivity index (χ1n) is 7.84. The molecule has 1 N–H and O–H groups in total. The molecule has 1 aromatic carbocycles. The van der Waals surface area contributed by atoms with Crippen LogP contribution in [0.15, 0.2) is 24.3 Å². The Bertz CT molecular complexity index is 419. The number of rotatable bonds is 7. The van der Waals surface area contributed by atoms with Gasteiger partial charge in [0.05, 0.1) is 12.7 Å². The second-order valence-electron chi connectivity index (χ2n) is 5.96. The molecule has 2 rings (SSSR count). The minimum absolute atomic E-state index is 0.194. The summed E-state index contributed by atoms with van der Waals surface area (Å²) in [5.74, 6) is 0.326. The van der Waals surface area contributed by atoms with Gasteiger partial charge in [-0.3, -0.25) is 0 Å². The van der Waals surface area contributed by atoms with E-state index in [2.05, 4.69) is 19.2 Å². The summed E-state index contributed by atoms with van der Waals surface area (Å²) in [5, 5.41) is 3.34. The van der Waals surface area contributed by atoms with Crippen LogP contribution in [0.4, 0.5) is 4.39 Å². The summed E-state index contributed by atoms with van der Waals surface area (Å²) < 4.78 is 25.4. The van der Waals surface area contributed by atoms with Crippen molar-refractivity contribution < 1.29 is 13.9 Å². The van der Waals surface area contributed by atoms with E-state index in [1.807, 2.05) is 12.1 Å². The topological polar surface area (TPSA) is 30.5 Å². The fraction of sp³-hybridized carbons (Fsp3) is 0.647. The van der Waals surface area contributed by atoms with Crippen molar-refractivity contribution in [2.45, 2.75) is 38.8 Å². The molecule has 1 fully saturated rings. The summed E-state index contributed by atoms with van der Waals surface area (Å²) in [6.45, 7) is 7.07. The van der Waals surface area contributed by atoms with Gasteiger partial charge in [0.15, 0.2) is 0 Å². The summed E-state index contributed by atoms with van der Waals surface area (Å²) >= 11 is 0. The highest BCUT2D eigenvalue weighted by atomic mass is 19.1. The molecule has 0 saturated carbocycles. The lowest BCUT2D eigenvalue weighted by atomic mass is 10.0. The molecular weight excluding hydrogens is 269 g/mol. The van der Waals surface area contributed by atoms with Crippen molar-refractivity contribution in [3.63, 3.8) is 0 Å². The van der Waals surface area contributed by atoms with Crippen LogP contribution in [0.3, 0.4) is 0 Å². The van der Waals surface area contributed by atoms with Crippen molar-refractivity contribution in [1.29, 1.82) is 0 Å². The molecule has 1 aliphatic rings. The number of ether oxygens (including phenoxy) is 2. The lowest BCUT2D eigenvalue weighted by molar-refractivity contribution is -0.0130. The second kappa shape index (κ2) is 8.47. The molecule has 0 radical (unpaired) electrons. The molecule has 1 unspecified atom stereocenters. The number of hydrogen-bond donors (Lipinski definition) is 1. The van der Waals surface area contributed by atoms with E-state index in [0.29, 0.717) is 30.7 Å². The van der Waals surface area contributed by atoms with Crippen LogP contribution in [0.2, 0.25) is 0 Å². The standard InChI is InChI=1S/C17H26FNO2/c1-13(2)19-11-17(15-5-3-4-6-16(15)18)21-12-14-7-9-20-10-8-14/h3-6,13-14,17,19H,7-12H2,1-2H3. The van der Waals surface area contributed by atoms with Gasteiger partial charge in [0.1, 0.15) is 5.82 Å². The van der Waals surface area contributed by atoms with Gasteiger partial charge >= 0.3 is 0 Å². The van der Waals surface area contributed by atoms with Crippen LogP contribution < -0.4 is 5.32 Å². The van der Waals surface area contributed by atoms with E-state index < -0.39 is 0 Å². The van der Waals surface area contributed by atoms with Crippen LogP contribution in [0.25, 0.3) is 0 Å². The van der Waals surface area contributed by atoms with E-state index in [0.717, 1.165) is 26.1 Å². The normalized spacial score (nSPS) is 18.1. The highest BCUT2D eigenvalue weighted by molar-refractivity contribution is 5.20. The quantitative estimate of drug-likeness (QED) is 0.837. The van der Waals surface area contributed by atoms with Crippen LogP contribution in [-0.4, -0.2) is 32.4 Å². The Balaban J connectivity index is 1.96. The van der Waals surface area contributed by atoms with Crippen LogP contribution in [0.5, 0.6) is 0 Å². The van der Waals surface area contributed by atoms with Gasteiger partial charge in [0, 0.05) is 31.4 Å². The van der Waals surface area contributed by atoms with Crippen molar-refractivity contribution in [1.82, 2.24) is 5.32 Å². The maximum Gasteiger partial charge on any atom is 0.129 e. The Morgan fingerprint density at radius 3 is 2.67 bits per heavy atom. The van der Waals surface area contributed by atoms with Crippen molar-refractivity contribution in [2.75, 3.05) is 26.4 Å². The lowest BCUT2D eigenvalue weighted by Crippen LogP contribution is -2.31. The van der Waals surface area contributed by atoms with Gasteiger partial charge in [0.25, 0.3) is 0 Å². The summed E-state index contributed by atoms with van der Waals surface area (Å²) in [5.41, 5.74) is 0.637. The third kappa shape index (κ3) is 5.38. The summed E-state index contributed by atoms with van der Waals surface area (Å²) in [6.07, 6.45) is 1.82. The molecule has 1 saturated heterocycles. The zero-order chi connectivity index (χ0) is 15.1. The van der Waals surface area contributed by atoms with Crippen molar-refractivity contribution in [3.8, 4) is 0 Å². The maximum atomic E-state index is 14.0. The number of halogens is 1. The van der Waals surface area contributed by atoms with E-state index in [1.54, 1.807) is 6.07 Å². The zero-order valence-electron chi connectivity index (χ0n) is 13.0. The highest BCUT2D eigenvalue weighted by Crippen LogP contribution is 2.23. The average molecular weight is 295 g/mol. The molecule has 118 valence electrons. The van der Waals surface area contributed by atoms with Gasteiger partial charge in [-0.25, -0.2) is 4.39 Å². The van der Waals surface area contributed by atoms with Gasteiger partial charge in [-0.05, 0) is 24.8 Å². The number of hydrogen-bond acceptors (Lipinski definition) is 3. The largest absolute Gasteiger partial charge is 0.381 e. The number of nitrogens with one attached hydrogen (secondary N) is 1. The lowest BCUT2D eigenvalue weighted by Gasteiger charge is -2.26. The van der Waals surface area contributed by atoms with E-state index >= 15 is 0 Å². The van der Waals surface area contributed by atoms with Gasteiger partial charge in [-0.1, -0.05) is 32.0 Å². The fourth-order valence-electron chi connectivity index (χ4n) is 2.50. The van der Waals surface area contributed by atoms with E-state index in [1.165, 1.54) is 6.07 Å². The maximum absolute atomic E-state index is 14.0. The molecule has 1 atom stereocenters.